The summed E-state index contributed by atoms with van der Waals surface area (Å²) in [6.45, 7) is 4.78. The molecule has 3 aromatic rings. The van der Waals surface area contributed by atoms with Crippen LogP contribution >= 0.6 is 0 Å². The number of piperidine rings is 1. The third kappa shape index (κ3) is 3.28. The molecular formula is C24H30N6O. The first-order chi connectivity index (χ1) is 14.8. The van der Waals surface area contributed by atoms with Crippen LogP contribution in [-0.2, 0) is 0 Å². The van der Waals surface area contributed by atoms with E-state index in [9.17, 15) is 5.11 Å². The third-order valence-corrected chi connectivity index (χ3v) is 7.79. The molecule has 2 fully saturated rings. The number of anilines is 1. The quantitative estimate of drug-likeness (QED) is 0.693. The molecule has 3 atom stereocenters. The molecule has 0 saturated carbocycles. The number of benzene rings is 1. The Morgan fingerprint density at radius 3 is 2.39 bits per heavy atom. The van der Waals surface area contributed by atoms with Gasteiger partial charge in [-0.05, 0) is 70.8 Å². The minimum Gasteiger partial charge on any atom is -0.507 e. The van der Waals surface area contributed by atoms with Crippen LogP contribution in [0.1, 0.15) is 39.5 Å². The SMILES string of the molecule is CN(c1ccc(-c2ccc(-n3ccnc3)cc2O)nn1)C1C[C@]2(C)CC[C@](C)(C1)N2C. The highest BCUT2D eigenvalue weighted by Crippen LogP contribution is 2.50. The highest BCUT2D eigenvalue weighted by atomic mass is 16.3. The molecule has 162 valence electrons. The molecule has 2 aliphatic heterocycles. The maximum absolute atomic E-state index is 10.6. The van der Waals surface area contributed by atoms with Gasteiger partial charge in [-0.2, -0.15) is 0 Å². The first-order valence-electron chi connectivity index (χ1n) is 10.9. The fourth-order valence-corrected chi connectivity index (χ4v) is 5.52. The summed E-state index contributed by atoms with van der Waals surface area (Å²) in [5, 5.41) is 19.5. The molecular weight excluding hydrogens is 388 g/mol. The van der Waals surface area contributed by atoms with Gasteiger partial charge < -0.3 is 14.6 Å². The lowest BCUT2D eigenvalue weighted by Crippen LogP contribution is -2.59. The van der Waals surface area contributed by atoms with Gasteiger partial charge in [-0.3, -0.25) is 4.90 Å². The van der Waals surface area contributed by atoms with Crippen molar-refractivity contribution in [2.24, 2.45) is 0 Å². The van der Waals surface area contributed by atoms with Crippen LogP contribution in [0.3, 0.4) is 0 Å². The van der Waals surface area contributed by atoms with Crippen molar-refractivity contribution in [2.75, 3.05) is 19.0 Å². The van der Waals surface area contributed by atoms with E-state index in [1.807, 2.05) is 35.0 Å². The second kappa shape index (κ2) is 7.05. The standard InChI is InChI=1S/C24H30N6O/c1-23-9-10-24(2,29(23)4)15-18(14-23)28(3)22-8-7-20(26-27-22)19-6-5-17(13-21(19)31)30-12-11-25-16-30/h5-8,11-13,16,18,31H,9-10,14-15H2,1-4H3/t18?,23-,24+. The number of nitrogens with zero attached hydrogens (tertiary/aromatic N) is 6. The summed E-state index contributed by atoms with van der Waals surface area (Å²) < 4.78 is 1.85. The monoisotopic (exact) mass is 418 g/mol. The zero-order valence-corrected chi connectivity index (χ0v) is 18.7. The largest absolute Gasteiger partial charge is 0.507 e. The van der Waals surface area contributed by atoms with Crippen LogP contribution in [0.25, 0.3) is 16.9 Å². The molecule has 2 saturated heterocycles. The number of phenolic OH excluding ortho intramolecular Hbond substituents is 1. The summed E-state index contributed by atoms with van der Waals surface area (Å²) in [5.74, 6) is 1.05. The van der Waals surface area contributed by atoms with E-state index in [1.54, 1.807) is 18.6 Å². The Bertz CT molecular complexity index is 1060. The topological polar surface area (TPSA) is 70.3 Å². The molecule has 0 amide bonds. The zero-order valence-electron chi connectivity index (χ0n) is 18.7. The Labute approximate surface area is 183 Å². The molecule has 0 aliphatic carbocycles. The summed E-state index contributed by atoms with van der Waals surface area (Å²) in [6.07, 6.45) is 10.0. The number of rotatable bonds is 4. The molecule has 1 aromatic carbocycles. The average molecular weight is 419 g/mol. The predicted octanol–water partition coefficient (Wildman–Crippen LogP) is 3.88. The molecule has 1 unspecified atom stereocenters. The molecule has 0 spiro atoms. The fourth-order valence-electron chi connectivity index (χ4n) is 5.52. The minimum absolute atomic E-state index is 0.175. The number of imidazole rings is 1. The molecule has 7 heteroatoms. The highest BCUT2D eigenvalue weighted by Gasteiger charge is 2.54. The first-order valence-corrected chi connectivity index (χ1v) is 10.9. The first kappa shape index (κ1) is 20.0. The normalized spacial score (nSPS) is 28.1. The molecule has 0 radical (unpaired) electrons. The van der Waals surface area contributed by atoms with E-state index in [-0.39, 0.29) is 16.8 Å². The smallest absolute Gasteiger partial charge is 0.151 e. The summed E-state index contributed by atoms with van der Waals surface area (Å²) in [4.78, 5) is 8.93. The van der Waals surface area contributed by atoms with Gasteiger partial charge in [0.05, 0.1) is 17.7 Å². The summed E-state index contributed by atoms with van der Waals surface area (Å²) in [6, 6.07) is 9.92. The van der Waals surface area contributed by atoms with Crippen molar-refractivity contribution < 1.29 is 5.11 Å². The Kier molecular flexibility index (Phi) is 4.55. The van der Waals surface area contributed by atoms with Crippen molar-refractivity contribution in [2.45, 2.75) is 56.7 Å². The summed E-state index contributed by atoms with van der Waals surface area (Å²) in [5.41, 5.74) is 2.68. The van der Waals surface area contributed by atoms with E-state index in [4.69, 9.17) is 0 Å². The van der Waals surface area contributed by atoms with Gasteiger partial charge in [0, 0.05) is 48.2 Å². The van der Waals surface area contributed by atoms with Crippen LogP contribution < -0.4 is 4.90 Å². The predicted molar refractivity (Wildman–Crippen MR) is 121 cm³/mol. The van der Waals surface area contributed by atoms with Gasteiger partial charge >= 0.3 is 0 Å². The Morgan fingerprint density at radius 1 is 1.06 bits per heavy atom. The lowest BCUT2D eigenvalue weighted by atomic mass is 9.82. The molecule has 7 nitrogen and oxygen atoms in total. The molecule has 4 heterocycles. The number of aromatic nitrogens is 4. The number of fused-ring (bicyclic) bond motifs is 2. The van der Waals surface area contributed by atoms with Gasteiger partial charge in [0.2, 0.25) is 0 Å². The van der Waals surface area contributed by atoms with Gasteiger partial charge in [-0.15, -0.1) is 10.2 Å². The third-order valence-electron chi connectivity index (χ3n) is 7.79. The van der Waals surface area contributed by atoms with Gasteiger partial charge in [-0.25, -0.2) is 4.98 Å². The van der Waals surface area contributed by atoms with Crippen molar-refractivity contribution in [3.05, 3.63) is 49.1 Å². The fraction of sp³-hybridized carbons (Fsp3) is 0.458. The minimum atomic E-state index is 0.175. The number of hydrogen-bond donors (Lipinski definition) is 1. The lowest BCUT2D eigenvalue weighted by molar-refractivity contribution is 0.0273. The molecule has 2 aromatic heterocycles. The summed E-state index contributed by atoms with van der Waals surface area (Å²) in [7, 11) is 4.41. The Morgan fingerprint density at radius 2 is 1.81 bits per heavy atom. The van der Waals surface area contributed by atoms with Gasteiger partial charge in [0.1, 0.15) is 5.75 Å². The van der Waals surface area contributed by atoms with E-state index in [0.717, 1.165) is 24.3 Å². The average Bonchev–Trinajstić information content (AvgIpc) is 3.34. The van der Waals surface area contributed by atoms with Crippen LogP contribution in [0.4, 0.5) is 5.82 Å². The van der Waals surface area contributed by atoms with Gasteiger partial charge in [0.15, 0.2) is 5.82 Å². The second-order valence-electron chi connectivity index (χ2n) is 9.67. The van der Waals surface area contributed by atoms with Crippen molar-refractivity contribution in [1.82, 2.24) is 24.6 Å². The number of phenols is 1. The molecule has 5 rings (SSSR count). The molecule has 1 N–H and O–H groups in total. The number of hydrogen-bond acceptors (Lipinski definition) is 6. The second-order valence-corrected chi connectivity index (χ2v) is 9.67. The van der Waals surface area contributed by atoms with Crippen LogP contribution in [0.5, 0.6) is 5.75 Å². The van der Waals surface area contributed by atoms with E-state index in [0.29, 0.717) is 17.3 Å². The van der Waals surface area contributed by atoms with Crippen LogP contribution in [0.15, 0.2) is 49.1 Å². The van der Waals surface area contributed by atoms with Crippen molar-refractivity contribution in [3.8, 4) is 22.7 Å². The maximum atomic E-state index is 10.6. The molecule has 31 heavy (non-hydrogen) atoms. The van der Waals surface area contributed by atoms with Gasteiger partial charge in [-0.1, -0.05) is 0 Å². The molecule has 2 bridgehead atoms. The summed E-state index contributed by atoms with van der Waals surface area (Å²) >= 11 is 0. The molecule has 2 aliphatic rings. The van der Waals surface area contributed by atoms with E-state index in [1.165, 1.54) is 12.8 Å². The zero-order chi connectivity index (χ0) is 21.8. The van der Waals surface area contributed by atoms with E-state index >= 15 is 0 Å². The van der Waals surface area contributed by atoms with Gasteiger partial charge in [0.25, 0.3) is 0 Å². The van der Waals surface area contributed by atoms with Crippen LogP contribution in [0.2, 0.25) is 0 Å². The van der Waals surface area contributed by atoms with Crippen LogP contribution in [-0.4, -0.2) is 61.0 Å². The van der Waals surface area contributed by atoms with Crippen molar-refractivity contribution in [1.29, 1.82) is 0 Å². The van der Waals surface area contributed by atoms with Crippen molar-refractivity contribution >= 4 is 5.82 Å². The Hall–Kier alpha value is -2.93. The number of aromatic hydroxyl groups is 1. The van der Waals surface area contributed by atoms with Crippen LogP contribution in [0, 0.1) is 0 Å². The van der Waals surface area contributed by atoms with Crippen molar-refractivity contribution in [3.63, 3.8) is 0 Å². The maximum Gasteiger partial charge on any atom is 0.151 e. The lowest BCUT2D eigenvalue weighted by Gasteiger charge is -2.51. The Balaban J connectivity index is 1.36. The van der Waals surface area contributed by atoms with E-state index in [2.05, 4.69) is 52.9 Å². The highest BCUT2D eigenvalue weighted by molar-refractivity contribution is 5.69. The van der Waals surface area contributed by atoms with E-state index < -0.39 is 0 Å².